The molecule has 3 nitrogen and oxygen atoms in total. The average molecular weight is 201 g/mol. The van der Waals surface area contributed by atoms with Gasteiger partial charge in [0.1, 0.15) is 0 Å². The molecule has 0 aliphatic heterocycles. The maximum Gasteiger partial charge on any atom is 0.0886 e. The van der Waals surface area contributed by atoms with E-state index in [1.54, 1.807) is 0 Å². The number of benzene rings is 1. The summed E-state index contributed by atoms with van der Waals surface area (Å²) in [5.74, 6) is 2.57. The number of hydrogen-bond acceptors (Lipinski definition) is 2. The van der Waals surface area contributed by atoms with Crippen LogP contribution in [0.15, 0.2) is 34.6 Å². The van der Waals surface area contributed by atoms with Crippen LogP contribution < -0.4 is 0 Å². The fraction of sp³-hybridized carbons (Fsp3) is 0.333. The van der Waals surface area contributed by atoms with Crippen LogP contribution in [0.5, 0.6) is 0 Å². The molecular formula is C12H15N3. The maximum absolute atomic E-state index is 5.29. The molecule has 0 aliphatic rings. The average Bonchev–Trinajstić information content (AvgIpc) is 2.31. The third-order valence-corrected chi connectivity index (χ3v) is 2.03. The molecule has 0 saturated carbocycles. The molecule has 0 radical (unpaired) electrons. The lowest BCUT2D eigenvalue weighted by Gasteiger charge is -2.10. The lowest BCUT2D eigenvalue weighted by Crippen LogP contribution is -2.14. The van der Waals surface area contributed by atoms with Crippen molar-refractivity contribution in [1.29, 1.82) is 0 Å². The van der Waals surface area contributed by atoms with E-state index in [2.05, 4.69) is 16.3 Å². The van der Waals surface area contributed by atoms with Crippen molar-refractivity contribution in [3.63, 3.8) is 0 Å². The quantitative estimate of drug-likeness (QED) is 0.418. The Morgan fingerprint density at radius 1 is 1.33 bits per heavy atom. The van der Waals surface area contributed by atoms with Gasteiger partial charge in [-0.3, -0.25) is 5.01 Å². The number of rotatable bonds is 4. The van der Waals surface area contributed by atoms with Gasteiger partial charge in [-0.1, -0.05) is 17.2 Å². The Hall–Kier alpha value is -1.82. The molecule has 0 aromatic heterocycles. The number of terminal acetylenes is 1. The minimum absolute atomic E-state index is 0.789. The van der Waals surface area contributed by atoms with Crippen LogP contribution in [0.3, 0.4) is 0 Å². The number of hydrogen-bond donors (Lipinski definition) is 0. The fourth-order valence-electron chi connectivity index (χ4n) is 1.12. The van der Waals surface area contributed by atoms with Crippen molar-refractivity contribution in [2.45, 2.75) is 13.8 Å². The van der Waals surface area contributed by atoms with Crippen molar-refractivity contribution in [3.8, 4) is 12.3 Å². The van der Waals surface area contributed by atoms with E-state index in [1.165, 1.54) is 0 Å². The maximum atomic E-state index is 5.29. The molecule has 78 valence electrons. The fourth-order valence-corrected chi connectivity index (χ4v) is 1.12. The van der Waals surface area contributed by atoms with Crippen LogP contribution >= 0.6 is 0 Å². The second kappa shape index (κ2) is 5.82. The molecule has 0 spiro atoms. The van der Waals surface area contributed by atoms with E-state index in [-0.39, 0.29) is 0 Å². The molecule has 1 rings (SSSR count). The summed E-state index contributed by atoms with van der Waals surface area (Å²) in [6.45, 7) is 5.80. The zero-order valence-corrected chi connectivity index (χ0v) is 9.14. The first-order valence-corrected chi connectivity index (χ1v) is 5.03. The van der Waals surface area contributed by atoms with Crippen molar-refractivity contribution in [2.24, 2.45) is 10.3 Å². The van der Waals surface area contributed by atoms with Gasteiger partial charge >= 0.3 is 0 Å². The van der Waals surface area contributed by atoms with Crippen molar-refractivity contribution < 1.29 is 0 Å². The Morgan fingerprint density at radius 3 is 2.67 bits per heavy atom. The van der Waals surface area contributed by atoms with Gasteiger partial charge in [0.25, 0.3) is 0 Å². The minimum Gasteiger partial charge on any atom is -0.279 e. The summed E-state index contributed by atoms with van der Waals surface area (Å²) >= 11 is 0. The molecule has 0 N–H and O–H groups in total. The molecule has 15 heavy (non-hydrogen) atoms. The molecule has 0 heterocycles. The summed E-state index contributed by atoms with van der Waals surface area (Å²) < 4.78 is 0. The number of nitrogens with zero attached hydrogens (tertiary/aromatic N) is 3. The van der Waals surface area contributed by atoms with Crippen LogP contribution in [0.25, 0.3) is 0 Å². The first kappa shape index (κ1) is 11.3. The lowest BCUT2D eigenvalue weighted by atomic mass is 10.2. The van der Waals surface area contributed by atoms with Crippen LogP contribution in [0.4, 0.5) is 5.69 Å². The van der Waals surface area contributed by atoms with Gasteiger partial charge in [0.05, 0.1) is 5.69 Å². The van der Waals surface area contributed by atoms with Gasteiger partial charge in [-0.2, -0.15) is 0 Å². The summed E-state index contributed by atoms with van der Waals surface area (Å²) in [6, 6.07) is 7.48. The molecule has 0 amide bonds. The first-order chi connectivity index (χ1) is 7.30. The highest BCUT2D eigenvalue weighted by atomic mass is 15.5. The van der Waals surface area contributed by atoms with Crippen molar-refractivity contribution in [3.05, 3.63) is 29.8 Å². The molecule has 0 fully saturated rings. The van der Waals surface area contributed by atoms with Crippen LogP contribution in [0, 0.1) is 12.3 Å². The van der Waals surface area contributed by atoms with Gasteiger partial charge < -0.3 is 0 Å². The largest absolute Gasteiger partial charge is 0.279 e. The second-order valence-electron chi connectivity index (χ2n) is 3.02. The Balaban J connectivity index is 2.76. The predicted octanol–water partition coefficient (Wildman–Crippen LogP) is 3.01. The van der Waals surface area contributed by atoms with E-state index in [0.29, 0.717) is 0 Å². The highest BCUT2D eigenvalue weighted by Crippen LogP contribution is 2.14. The zero-order valence-electron chi connectivity index (χ0n) is 9.14. The van der Waals surface area contributed by atoms with Crippen molar-refractivity contribution in [1.82, 2.24) is 5.01 Å². The summed E-state index contributed by atoms with van der Waals surface area (Å²) in [4.78, 5) is 0. The van der Waals surface area contributed by atoms with Crippen LogP contribution in [0.2, 0.25) is 0 Å². The summed E-state index contributed by atoms with van der Waals surface area (Å²) in [5.41, 5.74) is 1.61. The Labute approximate surface area is 90.8 Å². The monoisotopic (exact) mass is 201 g/mol. The van der Waals surface area contributed by atoms with Crippen molar-refractivity contribution >= 4 is 5.69 Å². The third-order valence-electron chi connectivity index (χ3n) is 2.03. The van der Waals surface area contributed by atoms with E-state index < -0.39 is 0 Å². The summed E-state index contributed by atoms with van der Waals surface area (Å²) in [7, 11) is 0. The molecule has 0 unspecified atom stereocenters. The molecular weight excluding hydrogens is 186 g/mol. The Morgan fingerprint density at radius 2 is 2.07 bits per heavy atom. The van der Waals surface area contributed by atoms with Gasteiger partial charge in [-0.15, -0.1) is 11.5 Å². The highest BCUT2D eigenvalue weighted by molar-refractivity contribution is 5.45. The van der Waals surface area contributed by atoms with Gasteiger partial charge in [0, 0.05) is 18.7 Å². The highest BCUT2D eigenvalue weighted by Gasteiger charge is 1.94. The van der Waals surface area contributed by atoms with E-state index >= 15 is 0 Å². The van der Waals surface area contributed by atoms with Crippen molar-refractivity contribution in [2.75, 3.05) is 13.1 Å². The second-order valence-corrected chi connectivity index (χ2v) is 3.02. The van der Waals surface area contributed by atoms with E-state index in [0.717, 1.165) is 24.3 Å². The first-order valence-electron chi connectivity index (χ1n) is 5.03. The smallest absolute Gasteiger partial charge is 0.0886 e. The lowest BCUT2D eigenvalue weighted by molar-refractivity contribution is 0.301. The topological polar surface area (TPSA) is 28.0 Å². The third kappa shape index (κ3) is 3.43. The van der Waals surface area contributed by atoms with Gasteiger partial charge in [0.2, 0.25) is 0 Å². The van der Waals surface area contributed by atoms with Crippen LogP contribution in [-0.2, 0) is 0 Å². The molecule has 0 saturated heterocycles. The molecule has 0 bridgehead atoms. The standard InChI is InChI=1S/C12H15N3/c1-4-11-8-7-9-12(10-11)13-14-15(5-2)6-3/h1,7-10H,5-6H2,2-3H3. The zero-order chi connectivity index (χ0) is 11.1. The molecule has 0 atom stereocenters. The summed E-state index contributed by atoms with van der Waals surface area (Å²) in [5, 5.41) is 10.1. The van der Waals surface area contributed by atoms with Crippen LogP contribution in [-0.4, -0.2) is 18.1 Å². The SMILES string of the molecule is C#Cc1cccc(N=NN(CC)CC)c1. The molecule has 3 heteroatoms. The normalized spacial score (nSPS) is 10.2. The van der Waals surface area contributed by atoms with Gasteiger partial charge in [-0.25, -0.2) is 0 Å². The van der Waals surface area contributed by atoms with E-state index in [1.807, 2.05) is 43.1 Å². The van der Waals surface area contributed by atoms with Crippen LogP contribution in [0.1, 0.15) is 19.4 Å². The van der Waals surface area contributed by atoms with Gasteiger partial charge in [0.15, 0.2) is 0 Å². The Kier molecular flexibility index (Phi) is 4.36. The summed E-state index contributed by atoms with van der Waals surface area (Å²) in [6.07, 6.45) is 5.29. The predicted molar refractivity (Wildman–Crippen MR) is 61.8 cm³/mol. The molecule has 1 aromatic rings. The van der Waals surface area contributed by atoms with Gasteiger partial charge in [-0.05, 0) is 32.0 Å². The Bertz CT molecular complexity index is 373. The molecule has 0 aliphatic carbocycles. The minimum atomic E-state index is 0.789. The van der Waals surface area contributed by atoms with E-state index in [4.69, 9.17) is 6.42 Å². The molecule has 1 aromatic carbocycles. The van der Waals surface area contributed by atoms with E-state index in [9.17, 15) is 0 Å².